The lowest BCUT2D eigenvalue weighted by atomic mass is 9.95. The van der Waals surface area contributed by atoms with Crippen molar-refractivity contribution in [1.82, 2.24) is 0 Å². The fourth-order valence-electron chi connectivity index (χ4n) is 1.49. The van der Waals surface area contributed by atoms with Gasteiger partial charge in [-0.3, -0.25) is 4.79 Å². The van der Waals surface area contributed by atoms with Crippen LogP contribution in [-0.2, 0) is 9.53 Å². The van der Waals surface area contributed by atoms with Gasteiger partial charge in [0.2, 0.25) is 0 Å². The van der Waals surface area contributed by atoms with Gasteiger partial charge in [-0.25, -0.2) is 0 Å². The normalized spacial score (nSPS) is 33.0. The molecule has 1 aliphatic rings. The molecule has 0 unspecified atom stereocenters. The monoisotopic (exact) mass is 142 g/mol. The van der Waals surface area contributed by atoms with E-state index in [1.54, 1.807) is 0 Å². The maximum Gasteiger partial charge on any atom is 0.306 e. The van der Waals surface area contributed by atoms with Crippen LogP contribution in [0.15, 0.2) is 0 Å². The molecule has 0 aliphatic carbocycles. The van der Waals surface area contributed by atoms with Crippen LogP contribution in [0.2, 0.25) is 0 Å². The highest BCUT2D eigenvalue weighted by Gasteiger charge is 2.33. The first-order valence-electron chi connectivity index (χ1n) is 3.80. The van der Waals surface area contributed by atoms with Crippen molar-refractivity contribution < 1.29 is 9.53 Å². The van der Waals surface area contributed by atoms with Crippen molar-refractivity contribution in [1.29, 1.82) is 0 Å². The van der Waals surface area contributed by atoms with E-state index >= 15 is 0 Å². The Morgan fingerprint density at radius 3 is 2.40 bits per heavy atom. The average molecular weight is 142 g/mol. The van der Waals surface area contributed by atoms with Gasteiger partial charge in [-0.05, 0) is 5.92 Å². The second-order valence-corrected chi connectivity index (χ2v) is 3.38. The molecule has 0 aromatic rings. The first-order chi connectivity index (χ1) is 4.61. The number of hydrogen-bond acceptors (Lipinski definition) is 2. The summed E-state index contributed by atoms with van der Waals surface area (Å²) < 4.78 is 5.10. The molecule has 0 radical (unpaired) electrons. The van der Waals surface area contributed by atoms with E-state index in [-0.39, 0.29) is 12.1 Å². The van der Waals surface area contributed by atoms with Gasteiger partial charge in [-0.15, -0.1) is 0 Å². The van der Waals surface area contributed by atoms with E-state index in [0.29, 0.717) is 18.3 Å². The van der Waals surface area contributed by atoms with Gasteiger partial charge in [0.15, 0.2) is 0 Å². The lowest BCUT2D eigenvalue weighted by molar-refractivity contribution is -0.143. The Hall–Kier alpha value is -0.530. The zero-order chi connectivity index (χ0) is 7.72. The Morgan fingerprint density at radius 2 is 2.20 bits per heavy atom. The van der Waals surface area contributed by atoms with Crippen molar-refractivity contribution in [2.24, 2.45) is 11.8 Å². The lowest BCUT2D eigenvalue weighted by Crippen LogP contribution is -2.20. The predicted molar refractivity (Wildman–Crippen MR) is 38.5 cm³/mol. The highest BCUT2D eigenvalue weighted by molar-refractivity contribution is 5.72. The molecular weight excluding hydrogens is 128 g/mol. The second-order valence-electron chi connectivity index (χ2n) is 3.38. The molecule has 2 heteroatoms. The van der Waals surface area contributed by atoms with Gasteiger partial charge in [-0.2, -0.15) is 0 Å². The third kappa shape index (κ3) is 1.31. The van der Waals surface area contributed by atoms with Crippen molar-refractivity contribution in [3.8, 4) is 0 Å². The van der Waals surface area contributed by atoms with Crippen molar-refractivity contribution >= 4 is 5.97 Å². The minimum atomic E-state index is -0.0359. The van der Waals surface area contributed by atoms with Gasteiger partial charge >= 0.3 is 5.97 Å². The van der Waals surface area contributed by atoms with Crippen LogP contribution >= 0.6 is 0 Å². The molecule has 0 aromatic heterocycles. The Labute approximate surface area is 61.6 Å². The average Bonchev–Trinajstić information content (AvgIpc) is 2.10. The minimum Gasteiger partial charge on any atom is -0.462 e. The fraction of sp³-hybridized carbons (Fsp3) is 0.875. The number of cyclic esters (lactones) is 1. The molecule has 0 saturated carbocycles. The zero-order valence-corrected chi connectivity index (χ0v) is 6.76. The van der Waals surface area contributed by atoms with Crippen LogP contribution in [0.3, 0.4) is 0 Å². The first-order valence-corrected chi connectivity index (χ1v) is 3.80. The molecule has 58 valence electrons. The first kappa shape index (κ1) is 7.58. The van der Waals surface area contributed by atoms with E-state index in [0.717, 1.165) is 0 Å². The number of carbonyl (C=O) groups is 1. The standard InChI is InChI=1S/C8H14O2/c1-5(2)8-6(3)4-7(9)10-8/h5-6,8H,4H2,1-3H3/t6-,8+/m0/s1. The lowest BCUT2D eigenvalue weighted by Gasteiger charge is -2.16. The highest BCUT2D eigenvalue weighted by atomic mass is 16.6. The maximum atomic E-state index is 10.7. The minimum absolute atomic E-state index is 0.0359. The third-order valence-electron chi connectivity index (χ3n) is 1.97. The van der Waals surface area contributed by atoms with Crippen LogP contribution < -0.4 is 0 Å². The van der Waals surface area contributed by atoms with E-state index in [2.05, 4.69) is 20.8 Å². The number of carbonyl (C=O) groups excluding carboxylic acids is 1. The molecule has 2 nitrogen and oxygen atoms in total. The second kappa shape index (κ2) is 2.60. The molecule has 1 aliphatic heterocycles. The molecule has 0 bridgehead atoms. The van der Waals surface area contributed by atoms with Gasteiger partial charge in [0.25, 0.3) is 0 Å². The molecule has 2 atom stereocenters. The third-order valence-corrected chi connectivity index (χ3v) is 1.97. The topological polar surface area (TPSA) is 26.3 Å². The van der Waals surface area contributed by atoms with Crippen LogP contribution in [0, 0.1) is 11.8 Å². The summed E-state index contributed by atoms with van der Waals surface area (Å²) in [6.45, 7) is 6.23. The van der Waals surface area contributed by atoms with Gasteiger partial charge in [0.1, 0.15) is 6.10 Å². The van der Waals surface area contributed by atoms with E-state index in [1.807, 2.05) is 0 Å². The molecule has 0 spiro atoms. The summed E-state index contributed by atoms with van der Waals surface area (Å²) >= 11 is 0. The quantitative estimate of drug-likeness (QED) is 0.520. The SMILES string of the molecule is CC(C)[C@H]1OC(=O)C[C@@H]1C. The van der Waals surface area contributed by atoms with E-state index in [9.17, 15) is 4.79 Å². The van der Waals surface area contributed by atoms with Crippen molar-refractivity contribution in [3.05, 3.63) is 0 Å². The summed E-state index contributed by atoms with van der Waals surface area (Å²) in [5.41, 5.74) is 0. The summed E-state index contributed by atoms with van der Waals surface area (Å²) in [6.07, 6.45) is 0.760. The molecular formula is C8H14O2. The van der Waals surface area contributed by atoms with Gasteiger partial charge in [0.05, 0.1) is 6.42 Å². The van der Waals surface area contributed by atoms with Gasteiger partial charge in [0, 0.05) is 5.92 Å². The molecule has 0 amide bonds. The number of ether oxygens (including phenoxy) is 1. The van der Waals surface area contributed by atoms with E-state index in [1.165, 1.54) is 0 Å². The van der Waals surface area contributed by atoms with E-state index < -0.39 is 0 Å². The smallest absolute Gasteiger partial charge is 0.306 e. The van der Waals surface area contributed by atoms with Crippen molar-refractivity contribution in [2.75, 3.05) is 0 Å². The molecule has 10 heavy (non-hydrogen) atoms. The summed E-state index contributed by atoms with van der Waals surface area (Å²) in [4.78, 5) is 10.7. The number of hydrogen-bond donors (Lipinski definition) is 0. The van der Waals surface area contributed by atoms with Crippen LogP contribution in [-0.4, -0.2) is 12.1 Å². The summed E-state index contributed by atoms with van der Waals surface area (Å²) in [6, 6.07) is 0. The van der Waals surface area contributed by atoms with Crippen molar-refractivity contribution in [2.45, 2.75) is 33.3 Å². The summed E-state index contributed by atoms with van der Waals surface area (Å²) in [5, 5.41) is 0. The Bertz CT molecular complexity index is 140. The largest absolute Gasteiger partial charge is 0.462 e. The van der Waals surface area contributed by atoms with Crippen molar-refractivity contribution in [3.63, 3.8) is 0 Å². The summed E-state index contributed by atoms with van der Waals surface area (Å²) in [5.74, 6) is 0.833. The molecule has 1 heterocycles. The Balaban J connectivity index is 2.54. The molecule has 1 fully saturated rings. The molecule has 1 saturated heterocycles. The predicted octanol–water partition coefficient (Wildman–Crippen LogP) is 1.59. The number of esters is 1. The van der Waals surface area contributed by atoms with Crippen LogP contribution in [0.25, 0.3) is 0 Å². The fourth-order valence-corrected chi connectivity index (χ4v) is 1.49. The molecule has 1 rings (SSSR count). The summed E-state index contributed by atoms with van der Waals surface area (Å²) in [7, 11) is 0. The number of rotatable bonds is 1. The van der Waals surface area contributed by atoms with Gasteiger partial charge < -0.3 is 4.74 Å². The van der Waals surface area contributed by atoms with Crippen LogP contribution in [0.5, 0.6) is 0 Å². The van der Waals surface area contributed by atoms with Crippen LogP contribution in [0.4, 0.5) is 0 Å². The Kier molecular flexibility index (Phi) is 1.97. The molecule has 0 aromatic carbocycles. The zero-order valence-electron chi connectivity index (χ0n) is 6.76. The molecule has 0 N–H and O–H groups in total. The van der Waals surface area contributed by atoms with Crippen LogP contribution in [0.1, 0.15) is 27.2 Å². The Morgan fingerprint density at radius 1 is 1.60 bits per heavy atom. The maximum absolute atomic E-state index is 10.7. The highest BCUT2D eigenvalue weighted by Crippen LogP contribution is 2.26. The van der Waals surface area contributed by atoms with Gasteiger partial charge in [-0.1, -0.05) is 20.8 Å². The van der Waals surface area contributed by atoms with E-state index in [4.69, 9.17) is 4.74 Å².